The number of hydrogen-bond donors (Lipinski definition) is 0. The number of nitrogens with zero attached hydrogens (tertiary/aromatic N) is 7. The van der Waals surface area contributed by atoms with Crippen LogP contribution in [0, 0.1) is 18.6 Å². The highest BCUT2D eigenvalue weighted by atomic mass is 19.1. The van der Waals surface area contributed by atoms with Crippen LogP contribution in [-0.2, 0) is 11.2 Å². The van der Waals surface area contributed by atoms with Crippen LogP contribution < -0.4 is 4.90 Å². The maximum Gasteiger partial charge on any atom is 0.254 e. The highest BCUT2D eigenvalue weighted by Gasteiger charge is 2.24. The maximum absolute atomic E-state index is 13.9. The molecule has 1 fully saturated rings. The van der Waals surface area contributed by atoms with Crippen LogP contribution in [0.2, 0.25) is 0 Å². The van der Waals surface area contributed by atoms with Crippen molar-refractivity contribution >= 4 is 17.5 Å². The second-order valence-electron chi connectivity index (χ2n) is 7.84. The first-order valence-corrected chi connectivity index (χ1v) is 10.6. The summed E-state index contributed by atoms with van der Waals surface area (Å²) in [4.78, 5) is 29.3. The third kappa shape index (κ3) is 4.26. The normalized spacial score (nSPS) is 14.3. The standard InChI is InChI=1S/C22H21F2N7O2/c1-14-10-20(31-22(28-14)26-13-27-31)29-6-8-30(9-7-29)21(32)5-4-19-25-12-18(33-19)16-3-2-15(23)11-17(16)24/h2-3,10-13H,4-9H2,1H3. The lowest BCUT2D eigenvalue weighted by molar-refractivity contribution is -0.131. The van der Waals surface area contributed by atoms with Crippen LogP contribution in [0.3, 0.4) is 0 Å². The van der Waals surface area contributed by atoms with E-state index in [0.717, 1.165) is 23.6 Å². The predicted octanol–water partition coefficient (Wildman–Crippen LogP) is 2.65. The Balaban J connectivity index is 1.18. The van der Waals surface area contributed by atoms with Crippen molar-refractivity contribution in [2.45, 2.75) is 19.8 Å². The number of carbonyl (C=O) groups is 1. The summed E-state index contributed by atoms with van der Waals surface area (Å²) in [5.41, 5.74) is 0.986. The van der Waals surface area contributed by atoms with E-state index in [9.17, 15) is 13.6 Å². The lowest BCUT2D eigenvalue weighted by atomic mass is 10.2. The number of hydrogen-bond acceptors (Lipinski definition) is 7. The molecule has 11 heteroatoms. The van der Waals surface area contributed by atoms with Crippen LogP contribution >= 0.6 is 0 Å². The monoisotopic (exact) mass is 453 g/mol. The van der Waals surface area contributed by atoms with Gasteiger partial charge in [-0.2, -0.15) is 14.6 Å². The third-order valence-corrected chi connectivity index (χ3v) is 5.62. The Hall–Kier alpha value is -3.89. The SMILES string of the molecule is Cc1cc(N2CCN(C(=O)CCc3ncc(-c4ccc(F)cc4F)o3)CC2)n2ncnc2n1. The largest absolute Gasteiger partial charge is 0.441 e. The van der Waals surface area contributed by atoms with Crippen LogP contribution in [0.5, 0.6) is 0 Å². The van der Waals surface area contributed by atoms with Gasteiger partial charge < -0.3 is 14.2 Å². The Morgan fingerprint density at radius 1 is 1.12 bits per heavy atom. The zero-order valence-electron chi connectivity index (χ0n) is 17.9. The van der Waals surface area contributed by atoms with Crippen molar-refractivity contribution in [1.82, 2.24) is 29.5 Å². The molecular formula is C22H21F2N7O2. The second-order valence-corrected chi connectivity index (χ2v) is 7.84. The molecule has 170 valence electrons. The summed E-state index contributed by atoms with van der Waals surface area (Å²) in [6.45, 7) is 4.40. The molecule has 1 aromatic carbocycles. The van der Waals surface area contributed by atoms with E-state index in [0.29, 0.717) is 44.3 Å². The fourth-order valence-corrected chi connectivity index (χ4v) is 3.93. The number of halogens is 2. The third-order valence-electron chi connectivity index (χ3n) is 5.62. The van der Waals surface area contributed by atoms with Gasteiger partial charge in [0.1, 0.15) is 23.8 Å². The van der Waals surface area contributed by atoms with E-state index in [1.165, 1.54) is 18.6 Å². The number of carbonyl (C=O) groups excluding carboxylic acids is 1. The molecule has 0 unspecified atom stereocenters. The topological polar surface area (TPSA) is 92.7 Å². The fraction of sp³-hybridized carbons (Fsp3) is 0.318. The molecule has 33 heavy (non-hydrogen) atoms. The van der Waals surface area contributed by atoms with E-state index < -0.39 is 11.6 Å². The number of benzene rings is 1. The van der Waals surface area contributed by atoms with Gasteiger partial charge in [-0.1, -0.05) is 0 Å². The van der Waals surface area contributed by atoms with Crippen molar-refractivity contribution in [2.24, 2.45) is 0 Å². The lowest BCUT2D eigenvalue weighted by Gasteiger charge is -2.36. The minimum absolute atomic E-state index is 0.000764. The van der Waals surface area contributed by atoms with Gasteiger partial charge >= 0.3 is 0 Å². The average molecular weight is 453 g/mol. The van der Waals surface area contributed by atoms with E-state index in [-0.39, 0.29) is 23.7 Å². The van der Waals surface area contributed by atoms with E-state index in [1.54, 1.807) is 4.52 Å². The lowest BCUT2D eigenvalue weighted by Crippen LogP contribution is -2.49. The summed E-state index contributed by atoms with van der Waals surface area (Å²) in [6, 6.07) is 5.22. The molecule has 4 aromatic rings. The van der Waals surface area contributed by atoms with Crippen LogP contribution in [-0.4, -0.2) is 61.6 Å². The van der Waals surface area contributed by atoms with E-state index in [1.807, 2.05) is 17.9 Å². The molecule has 0 N–H and O–H groups in total. The van der Waals surface area contributed by atoms with Crippen LogP contribution in [0.15, 0.2) is 41.2 Å². The van der Waals surface area contributed by atoms with E-state index >= 15 is 0 Å². The molecule has 0 radical (unpaired) electrons. The summed E-state index contributed by atoms with van der Waals surface area (Å²) in [7, 11) is 0. The van der Waals surface area contributed by atoms with Gasteiger partial charge in [-0.25, -0.2) is 18.7 Å². The van der Waals surface area contributed by atoms with Gasteiger partial charge in [0, 0.05) is 56.8 Å². The molecule has 0 saturated carbocycles. The highest BCUT2D eigenvalue weighted by Crippen LogP contribution is 2.25. The number of oxazole rings is 1. The molecule has 9 nitrogen and oxygen atoms in total. The average Bonchev–Trinajstić information content (AvgIpc) is 3.46. The highest BCUT2D eigenvalue weighted by molar-refractivity contribution is 5.76. The van der Waals surface area contributed by atoms with Crippen LogP contribution in [0.25, 0.3) is 17.1 Å². The summed E-state index contributed by atoms with van der Waals surface area (Å²) in [5.74, 6) is 0.610. The molecule has 5 rings (SSSR count). The second kappa shape index (κ2) is 8.57. The number of anilines is 1. The summed E-state index contributed by atoms with van der Waals surface area (Å²) in [5, 5.41) is 4.25. The number of aryl methyl sites for hydroxylation is 2. The molecule has 1 amide bonds. The zero-order valence-corrected chi connectivity index (χ0v) is 17.9. The van der Waals surface area contributed by atoms with E-state index in [4.69, 9.17) is 4.42 Å². The Bertz CT molecular complexity index is 1310. The molecule has 0 atom stereocenters. The summed E-state index contributed by atoms with van der Waals surface area (Å²) < 4.78 is 34.3. The van der Waals surface area contributed by atoms with Gasteiger partial charge in [-0.05, 0) is 19.1 Å². The number of rotatable bonds is 5. The smallest absolute Gasteiger partial charge is 0.254 e. The molecule has 0 spiro atoms. The van der Waals surface area contributed by atoms with E-state index in [2.05, 4.69) is 25.0 Å². The van der Waals surface area contributed by atoms with Gasteiger partial charge in [0.2, 0.25) is 5.91 Å². The first-order chi connectivity index (χ1) is 16.0. The van der Waals surface area contributed by atoms with Gasteiger partial charge in [-0.15, -0.1) is 0 Å². The molecule has 0 aliphatic carbocycles. The zero-order chi connectivity index (χ0) is 22.9. The first-order valence-electron chi connectivity index (χ1n) is 10.6. The molecule has 1 saturated heterocycles. The van der Waals surface area contributed by atoms with Gasteiger partial charge in [-0.3, -0.25) is 4.79 Å². The molecule has 3 aromatic heterocycles. The Kier molecular flexibility index (Phi) is 5.45. The van der Waals surface area contributed by atoms with Crippen molar-refractivity contribution in [3.05, 3.63) is 60.0 Å². The number of aromatic nitrogens is 5. The number of fused-ring (bicyclic) bond motifs is 1. The minimum atomic E-state index is -0.723. The number of amides is 1. The Morgan fingerprint density at radius 3 is 2.73 bits per heavy atom. The fourth-order valence-electron chi connectivity index (χ4n) is 3.93. The molecule has 1 aliphatic rings. The molecule has 0 bridgehead atoms. The summed E-state index contributed by atoms with van der Waals surface area (Å²) >= 11 is 0. The van der Waals surface area contributed by atoms with Gasteiger partial charge in [0.25, 0.3) is 5.78 Å². The van der Waals surface area contributed by atoms with Gasteiger partial charge in [0.15, 0.2) is 11.7 Å². The van der Waals surface area contributed by atoms with Gasteiger partial charge in [0.05, 0.1) is 11.8 Å². The summed E-state index contributed by atoms with van der Waals surface area (Å²) in [6.07, 6.45) is 3.39. The quantitative estimate of drug-likeness (QED) is 0.459. The van der Waals surface area contributed by atoms with Crippen LogP contribution in [0.1, 0.15) is 18.0 Å². The van der Waals surface area contributed by atoms with Crippen molar-refractivity contribution in [3.8, 4) is 11.3 Å². The van der Waals surface area contributed by atoms with Crippen molar-refractivity contribution in [2.75, 3.05) is 31.1 Å². The predicted molar refractivity (Wildman–Crippen MR) is 114 cm³/mol. The van der Waals surface area contributed by atoms with Crippen LogP contribution in [0.4, 0.5) is 14.6 Å². The van der Waals surface area contributed by atoms with Crippen molar-refractivity contribution in [1.29, 1.82) is 0 Å². The van der Waals surface area contributed by atoms with Crippen molar-refractivity contribution < 1.29 is 18.0 Å². The Morgan fingerprint density at radius 2 is 1.94 bits per heavy atom. The first kappa shape index (κ1) is 21.0. The molecule has 4 heterocycles. The maximum atomic E-state index is 13.9. The minimum Gasteiger partial charge on any atom is -0.441 e. The molecular weight excluding hydrogens is 432 g/mol. The Labute approximate surface area is 187 Å². The molecule has 1 aliphatic heterocycles. The van der Waals surface area contributed by atoms with Crippen molar-refractivity contribution in [3.63, 3.8) is 0 Å². The number of piperazine rings is 1.